The molecule has 0 spiro atoms. The molecule has 0 aliphatic rings. The van der Waals surface area contributed by atoms with E-state index in [2.05, 4.69) is 18.2 Å². The van der Waals surface area contributed by atoms with E-state index in [1.54, 1.807) is 6.21 Å². The first-order valence-corrected chi connectivity index (χ1v) is 3.54. The fraction of sp³-hybridized carbons (Fsp3) is 0.444. The van der Waals surface area contributed by atoms with Crippen LogP contribution in [-0.2, 0) is 0 Å². The molecule has 0 aromatic rings. The molecule has 0 saturated heterocycles. The Balaban J connectivity index is 0. The van der Waals surface area contributed by atoms with Gasteiger partial charge in [0.15, 0.2) is 0 Å². The van der Waals surface area contributed by atoms with Crippen molar-refractivity contribution in [3.05, 3.63) is 25.1 Å². The van der Waals surface area contributed by atoms with Crippen molar-refractivity contribution < 1.29 is 0 Å². The van der Waals surface area contributed by atoms with Gasteiger partial charge in [0.25, 0.3) is 0 Å². The normalized spacial score (nSPS) is 10.7. The molecule has 0 fully saturated rings. The lowest BCUT2D eigenvalue weighted by atomic mass is 10.5. The fourth-order valence-electron chi connectivity index (χ4n) is 0.580. The van der Waals surface area contributed by atoms with Gasteiger partial charge in [0.05, 0.1) is 0 Å². The second-order valence-electron chi connectivity index (χ2n) is 1.93. The topological polar surface area (TPSA) is 15.6 Å². The molecular formula is C9H18N2. The molecule has 0 heterocycles. The Bertz CT molecular complexity index is 134. The van der Waals surface area contributed by atoms with Crippen molar-refractivity contribution in [1.82, 2.24) is 4.90 Å². The molecule has 64 valence electrons. The minimum atomic E-state index is 0.998. The van der Waals surface area contributed by atoms with Gasteiger partial charge in [0.2, 0.25) is 0 Å². The first-order valence-electron chi connectivity index (χ1n) is 3.54. The van der Waals surface area contributed by atoms with Crippen LogP contribution in [0.15, 0.2) is 30.0 Å². The van der Waals surface area contributed by atoms with E-state index >= 15 is 0 Å². The lowest BCUT2D eigenvalue weighted by molar-refractivity contribution is 0.506. The molecule has 0 aliphatic carbocycles. The molecule has 0 saturated carbocycles. The van der Waals surface area contributed by atoms with Crippen LogP contribution < -0.4 is 0 Å². The molecule has 0 aliphatic heterocycles. The third kappa shape index (κ3) is 6.84. The van der Waals surface area contributed by atoms with Crippen molar-refractivity contribution in [2.24, 2.45) is 4.99 Å². The molecule has 0 amide bonds. The monoisotopic (exact) mass is 154 g/mol. The second-order valence-corrected chi connectivity index (χ2v) is 1.93. The summed E-state index contributed by atoms with van der Waals surface area (Å²) in [6, 6.07) is 0. The van der Waals surface area contributed by atoms with Crippen molar-refractivity contribution in [3.8, 4) is 0 Å². The van der Waals surface area contributed by atoms with E-state index in [-0.39, 0.29) is 0 Å². The Morgan fingerprint density at radius 2 is 1.73 bits per heavy atom. The highest BCUT2D eigenvalue weighted by Crippen LogP contribution is 1.97. The summed E-state index contributed by atoms with van der Waals surface area (Å²) >= 11 is 0. The van der Waals surface area contributed by atoms with Crippen molar-refractivity contribution in [2.45, 2.75) is 13.8 Å². The second kappa shape index (κ2) is 8.95. The van der Waals surface area contributed by atoms with E-state index in [0.717, 1.165) is 5.82 Å². The van der Waals surface area contributed by atoms with Crippen LogP contribution in [0.5, 0.6) is 0 Å². The van der Waals surface area contributed by atoms with Crippen LogP contribution in [0.2, 0.25) is 0 Å². The summed E-state index contributed by atoms with van der Waals surface area (Å²) in [7, 11) is 3.95. The number of aliphatic imine (C=N–C) groups is 1. The third-order valence-corrected chi connectivity index (χ3v) is 0.978. The Hall–Kier alpha value is -1.05. The largest absolute Gasteiger partial charge is 0.363 e. The predicted octanol–water partition coefficient (Wildman–Crippen LogP) is 2.30. The van der Waals surface area contributed by atoms with E-state index in [1.165, 1.54) is 0 Å². The molecular weight excluding hydrogens is 136 g/mol. The zero-order valence-corrected chi connectivity index (χ0v) is 7.96. The summed E-state index contributed by atoms with van der Waals surface area (Å²) in [5.41, 5.74) is 0. The average molecular weight is 154 g/mol. The van der Waals surface area contributed by atoms with Crippen LogP contribution in [-0.4, -0.2) is 25.2 Å². The van der Waals surface area contributed by atoms with Gasteiger partial charge in [-0.25, -0.2) is 4.99 Å². The zero-order valence-electron chi connectivity index (χ0n) is 7.96. The third-order valence-electron chi connectivity index (χ3n) is 0.978. The maximum Gasteiger partial charge on any atom is 0.123 e. The minimum Gasteiger partial charge on any atom is -0.363 e. The zero-order chi connectivity index (χ0) is 9.28. The Morgan fingerprint density at radius 1 is 1.27 bits per heavy atom. The number of rotatable bonds is 2. The van der Waals surface area contributed by atoms with Crippen LogP contribution in [0.3, 0.4) is 0 Å². The van der Waals surface area contributed by atoms with Gasteiger partial charge in [-0.1, -0.05) is 0 Å². The Kier molecular flexibility index (Phi) is 10.3. The maximum absolute atomic E-state index is 4.10. The van der Waals surface area contributed by atoms with Gasteiger partial charge in [0, 0.05) is 20.3 Å². The first-order chi connectivity index (χ1) is 5.22. The van der Waals surface area contributed by atoms with Gasteiger partial charge in [-0.05, 0) is 19.9 Å². The van der Waals surface area contributed by atoms with Crippen molar-refractivity contribution in [3.63, 3.8) is 0 Å². The summed E-state index contributed by atoms with van der Waals surface area (Å²) in [6.45, 7) is 9.88. The molecule has 0 aromatic heterocycles. The molecule has 0 radical (unpaired) electrons. The SMILES string of the molecule is C/C=N\C(=C/C)N(C)C.C=C. The number of nitrogens with zero attached hydrogens (tertiary/aromatic N) is 2. The lowest BCUT2D eigenvalue weighted by Gasteiger charge is -2.10. The summed E-state index contributed by atoms with van der Waals surface area (Å²) in [6.07, 6.45) is 3.76. The van der Waals surface area contributed by atoms with Crippen molar-refractivity contribution in [2.75, 3.05) is 14.1 Å². The first kappa shape index (κ1) is 12.6. The smallest absolute Gasteiger partial charge is 0.123 e. The van der Waals surface area contributed by atoms with Gasteiger partial charge < -0.3 is 4.90 Å². The molecule has 0 aromatic carbocycles. The molecule has 0 N–H and O–H groups in total. The Labute approximate surface area is 69.9 Å². The van der Waals surface area contributed by atoms with E-state index < -0.39 is 0 Å². The number of hydrogen-bond acceptors (Lipinski definition) is 2. The summed E-state index contributed by atoms with van der Waals surface area (Å²) < 4.78 is 0. The molecule has 0 unspecified atom stereocenters. The van der Waals surface area contributed by atoms with E-state index in [0.29, 0.717) is 0 Å². The van der Waals surface area contributed by atoms with Gasteiger partial charge in [-0.2, -0.15) is 0 Å². The summed E-state index contributed by atoms with van der Waals surface area (Å²) in [4.78, 5) is 6.08. The van der Waals surface area contributed by atoms with Crippen molar-refractivity contribution >= 4 is 6.21 Å². The van der Waals surface area contributed by atoms with E-state index in [4.69, 9.17) is 0 Å². The van der Waals surface area contributed by atoms with Crippen LogP contribution in [0.25, 0.3) is 0 Å². The van der Waals surface area contributed by atoms with Gasteiger partial charge in [-0.3, -0.25) is 0 Å². The van der Waals surface area contributed by atoms with Gasteiger partial charge in [0.1, 0.15) is 5.82 Å². The van der Waals surface area contributed by atoms with E-state index in [1.807, 2.05) is 38.9 Å². The van der Waals surface area contributed by atoms with E-state index in [9.17, 15) is 0 Å². The number of hydrogen-bond donors (Lipinski definition) is 0. The van der Waals surface area contributed by atoms with Gasteiger partial charge >= 0.3 is 0 Å². The molecule has 2 nitrogen and oxygen atoms in total. The highest BCUT2D eigenvalue weighted by molar-refractivity contribution is 5.55. The summed E-state index contributed by atoms with van der Waals surface area (Å²) in [5, 5.41) is 0. The molecule has 11 heavy (non-hydrogen) atoms. The van der Waals surface area contributed by atoms with Gasteiger partial charge in [-0.15, -0.1) is 13.2 Å². The Morgan fingerprint density at radius 3 is 1.82 bits per heavy atom. The molecule has 2 heteroatoms. The maximum atomic E-state index is 4.10. The van der Waals surface area contributed by atoms with Crippen LogP contribution >= 0.6 is 0 Å². The van der Waals surface area contributed by atoms with Crippen LogP contribution in [0.1, 0.15) is 13.8 Å². The average Bonchev–Trinajstić information content (AvgIpc) is 2.03. The summed E-state index contributed by atoms with van der Waals surface area (Å²) in [5.74, 6) is 0.998. The highest BCUT2D eigenvalue weighted by Gasteiger charge is 1.89. The molecule has 0 atom stereocenters. The van der Waals surface area contributed by atoms with Crippen LogP contribution in [0.4, 0.5) is 0 Å². The number of allylic oxidation sites excluding steroid dienone is 1. The standard InChI is InChI=1S/C7H14N2.C2H4/c1-5-7(8-6-2)9(3)4;1-2/h5-6H,1-4H3;1-2H2/b7-5+,8-6-;. The van der Waals surface area contributed by atoms with Crippen molar-refractivity contribution in [1.29, 1.82) is 0 Å². The predicted molar refractivity (Wildman–Crippen MR) is 52.9 cm³/mol. The van der Waals surface area contributed by atoms with Crippen LogP contribution in [0, 0.1) is 0 Å². The lowest BCUT2D eigenvalue weighted by Crippen LogP contribution is -2.08. The minimum absolute atomic E-state index is 0.998. The highest BCUT2D eigenvalue weighted by atomic mass is 15.2. The molecule has 0 rings (SSSR count). The molecule has 0 bridgehead atoms. The quantitative estimate of drug-likeness (QED) is 0.440. The fourth-order valence-corrected chi connectivity index (χ4v) is 0.580.